The molecule has 0 bridgehead atoms. The number of hydrogen-bond acceptors (Lipinski definition) is 3. The van der Waals surface area contributed by atoms with E-state index in [9.17, 15) is 13.2 Å². The molecule has 0 saturated carbocycles. The minimum Gasteiger partial charge on any atom is -0.371 e. The van der Waals surface area contributed by atoms with Gasteiger partial charge in [0, 0.05) is 18.8 Å². The lowest BCUT2D eigenvalue weighted by atomic mass is 10.3. The normalized spacial score (nSPS) is 10.4. The zero-order valence-corrected chi connectivity index (χ0v) is 10.5. The molecule has 0 saturated heterocycles. The fourth-order valence-electron chi connectivity index (χ4n) is 1.44. The second-order valence-electron chi connectivity index (χ2n) is 3.65. The second kappa shape index (κ2) is 5.36. The van der Waals surface area contributed by atoms with Gasteiger partial charge in [-0.1, -0.05) is 11.6 Å². The summed E-state index contributed by atoms with van der Waals surface area (Å²) >= 11 is 5.60. The maximum atomic E-state index is 13.5. The Morgan fingerprint density at radius 2 is 1.68 bits per heavy atom. The number of rotatable bonds is 3. The molecular weight excluding hydrogens is 279 g/mol. The summed E-state index contributed by atoms with van der Waals surface area (Å²) in [7, 11) is 1.46. The van der Waals surface area contributed by atoms with E-state index < -0.39 is 17.5 Å². The fourth-order valence-corrected chi connectivity index (χ4v) is 1.62. The summed E-state index contributed by atoms with van der Waals surface area (Å²) in [6.45, 7) is 0. The van der Waals surface area contributed by atoms with Gasteiger partial charge in [-0.2, -0.15) is 0 Å². The molecule has 0 fully saturated rings. The van der Waals surface area contributed by atoms with Gasteiger partial charge in [0.05, 0.1) is 5.02 Å². The standard InChI is InChI=1S/C12H9ClF3N3/c1-17-11-9(15)5-10(16)12(19-11)18-6-2-3-8(14)7(13)4-6/h2-5H,1H3,(H2,17,18,19). The van der Waals surface area contributed by atoms with E-state index >= 15 is 0 Å². The minimum atomic E-state index is -0.864. The van der Waals surface area contributed by atoms with Gasteiger partial charge in [0.25, 0.3) is 0 Å². The van der Waals surface area contributed by atoms with E-state index in [2.05, 4.69) is 15.6 Å². The number of nitrogens with zero attached hydrogens (tertiary/aromatic N) is 1. The monoisotopic (exact) mass is 287 g/mol. The summed E-state index contributed by atoms with van der Waals surface area (Å²) in [5.41, 5.74) is 0.339. The molecule has 2 rings (SSSR count). The number of aromatic nitrogens is 1. The van der Waals surface area contributed by atoms with Crippen LogP contribution in [0.25, 0.3) is 0 Å². The predicted molar refractivity (Wildman–Crippen MR) is 68.4 cm³/mol. The highest BCUT2D eigenvalue weighted by Crippen LogP contribution is 2.25. The highest BCUT2D eigenvalue weighted by Gasteiger charge is 2.11. The van der Waals surface area contributed by atoms with Gasteiger partial charge in [0.1, 0.15) is 5.82 Å². The van der Waals surface area contributed by atoms with Crippen molar-refractivity contribution in [2.24, 2.45) is 0 Å². The van der Waals surface area contributed by atoms with E-state index in [0.717, 1.165) is 6.07 Å². The van der Waals surface area contributed by atoms with Gasteiger partial charge in [-0.25, -0.2) is 18.2 Å². The van der Waals surface area contributed by atoms with Crippen LogP contribution in [0.1, 0.15) is 0 Å². The molecule has 0 unspecified atom stereocenters. The molecule has 1 heterocycles. The first-order valence-electron chi connectivity index (χ1n) is 5.27. The number of nitrogens with one attached hydrogen (secondary N) is 2. The van der Waals surface area contributed by atoms with Crippen molar-refractivity contribution in [2.75, 3.05) is 17.7 Å². The zero-order valence-electron chi connectivity index (χ0n) is 9.77. The van der Waals surface area contributed by atoms with Crippen LogP contribution in [0.5, 0.6) is 0 Å². The molecule has 0 aliphatic carbocycles. The number of pyridine rings is 1. The molecule has 0 radical (unpaired) electrons. The number of anilines is 3. The van der Waals surface area contributed by atoms with Crippen molar-refractivity contribution >= 4 is 28.9 Å². The SMILES string of the molecule is CNc1nc(Nc2ccc(F)c(Cl)c2)c(F)cc1F. The fraction of sp³-hybridized carbons (Fsp3) is 0.0833. The van der Waals surface area contributed by atoms with Crippen molar-refractivity contribution in [1.82, 2.24) is 4.98 Å². The summed E-state index contributed by atoms with van der Waals surface area (Å²) in [6.07, 6.45) is 0. The molecule has 1 aromatic carbocycles. The van der Waals surface area contributed by atoms with Gasteiger partial charge in [0.2, 0.25) is 0 Å². The third-order valence-electron chi connectivity index (χ3n) is 2.35. The Labute approximate surface area is 112 Å². The van der Waals surface area contributed by atoms with Gasteiger partial charge in [-0.3, -0.25) is 0 Å². The van der Waals surface area contributed by atoms with Crippen molar-refractivity contribution in [3.8, 4) is 0 Å². The van der Waals surface area contributed by atoms with E-state index in [1.54, 1.807) is 0 Å². The van der Waals surface area contributed by atoms with E-state index in [0.29, 0.717) is 11.8 Å². The first-order valence-corrected chi connectivity index (χ1v) is 5.65. The van der Waals surface area contributed by atoms with Crippen LogP contribution in [0.15, 0.2) is 24.3 Å². The maximum Gasteiger partial charge on any atom is 0.169 e. The molecular formula is C12H9ClF3N3. The van der Waals surface area contributed by atoms with Crippen molar-refractivity contribution in [3.63, 3.8) is 0 Å². The van der Waals surface area contributed by atoms with Crippen LogP contribution in [0.3, 0.4) is 0 Å². The lowest BCUT2D eigenvalue weighted by Crippen LogP contribution is -2.03. The average molecular weight is 288 g/mol. The van der Waals surface area contributed by atoms with Crippen LogP contribution in [0.2, 0.25) is 5.02 Å². The van der Waals surface area contributed by atoms with Crippen molar-refractivity contribution in [3.05, 3.63) is 46.7 Å². The molecule has 0 amide bonds. The minimum absolute atomic E-state index is 0.0999. The molecule has 1 aromatic heterocycles. The highest BCUT2D eigenvalue weighted by atomic mass is 35.5. The Balaban J connectivity index is 2.34. The van der Waals surface area contributed by atoms with Gasteiger partial charge in [-0.05, 0) is 18.2 Å². The lowest BCUT2D eigenvalue weighted by molar-refractivity contribution is 0.580. The third kappa shape index (κ3) is 2.90. The van der Waals surface area contributed by atoms with Gasteiger partial charge >= 0.3 is 0 Å². The molecule has 0 aliphatic rings. The van der Waals surface area contributed by atoms with Crippen molar-refractivity contribution in [1.29, 1.82) is 0 Å². The molecule has 2 N–H and O–H groups in total. The first kappa shape index (κ1) is 13.5. The Morgan fingerprint density at radius 1 is 1.00 bits per heavy atom. The quantitative estimate of drug-likeness (QED) is 0.898. The maximum absolute atomic E-state index is 13.5. The number of hydrogen-bond donors (Lipinski definition) is 2. The van der Waals surface area contributed by atoms with Crippen molar-refractivity contribution < 1.29 is 13.2 Å². The predicted octanol–water partition coefficient (Wildman–Crippen LogP) is 3.94. The van der Waals surface area contributed by atoms with Crippen molar-refractivity contribution in [2.45, 2.75) is 0 Å². The smallest absolute Gasteiger partial charge is 0.169 e. The molecule has 0 aliphatic heterocycles. The lowest BCUT2D eigenvalue weighted by Gasteiger charge is -2.09. The van der Waals surface area contributed by atoms with E-state index in [4.69, 9.17) is 11.6 Å². The van der Waals surface area contributed by atoms with Crippen LogP contribution >= 0.6 is 11.6 Å². The zero-order chi connectivity index (χ0) is 14.0. The largest absolute Gasteiger partial charge is 0.371 e. The van der Waals surface area contributed by atoms with Crippen LogP contribution in [-0.4, -0.2) is 12.0 Å². The summed E-state index contributed by atoms with van der Waals surface area (Å²) < 4.78 is 39.7. The average Bonchev–Trinajstić information content (AvgIpc) is 2.37. The van der Waals surface area contributed by atoms with Gasteiger partial charge in [0.15, 0.2) is 23.3 Å². The Morgan fingerprint density at radius 3 is 2.32 bits per heavy atom. The highest BCUT2D eigenvalue weighted by molar-refractivity contribution is 6.31. The molecule has 100 valence electrons. The molecule has 2 aromatic rings. The molecule has 3 nitrogen and oxygen atoms in total. The summed E-state index contributed by atoms with van der Waals surface area (Å²) in [5, 5.41) is 4.98. The van der Waals surface area contributed by atoms with Gasteiger partial charge < -0.3 is 10.6 Å². The summed E-state index contributed by atoms with van der Waals surface area (Å²) in [4.78, 5) is 3.73. The molecule has 0 atom stereocenters. The first-order chi connectivity index (χ1) is 9.01. The second-order valence-corrected chi connectivity index (χ2v) is 4.06. The number of benzene rings is 1. The topological polar surface area (TPSA) is 37.0 Å². The molecule has 19 heavy (non-hydrogen) atoms. The molecule has 0 spiro atoms. The van der Waals surface area contributed by atoms with Crippen LogP contribution in [0.4, 0.5) is 30.5 Å². The Bertz CT molecular complexity index is 619. The summed E-state index contributed by atoms with van der Waals surface area (Å²) in [5.74, 6) is -2.54. The Kier molecular flexibility index (Phi) is 3.80. The van der Waals surface area contributed by atoms with Gasteiger partial charge in [-0.15, -0.1) is 0 Å². The Hall–Kier alpha value is -1.95. The number of halogens is 4. The van der Waals surface area contributed by atoms with Crippen LogP contribution in [-0.2, 0) is 0 Å². The van der Waals surface area contributed by atoms with E-state index in [-0.39, 0.29) is 16.7 Å². The summed E-state index contributed by atoms with van der Waals surface area (Å²) in [6, 6.07) is 4.47. The third-order valence-corrected chi connectivity index (χ3v) is 2.64. The van der Waals surface area contributed by atoms with Crippen LogP contribution < -0.4 is 10.6 Å². The molecule has 7 heteroatoms. The van der Waals surface area contributed by atoms with E-state index in [1.165, 1.54) is 19.2 Å². The van der Waals surface area contributed by atoms with E-state index in [1.807, 2.05) is 0 Å². The van der Waals surface area contributed by atoms with Crippen LogP contribution in [0, 0.1) is 17.5 Å².